The molecule has 7 heteroatoms. The lowest BCUT2D eigenvalue weighted by molar-refractivity contribution is -0.121. The van der Waals surface area contributed by atoms with Crippen molar-refractivity contribution < 1.29 is 19.1 Å². The summed E-state index contributed by atoms with van der Waals surface area (Å²) in [7, 11) is 0. The first-order valence-corrected chi connectivity index (χ1v) is 7.17. The third-order valence-electron chi connectivity index (χ3n) is 2.82. The van der Waals surface area contributed by atoms with Crippen LogP contribution < -0.4 is 15.4 Å². The molecule has 24 heavy (non-hydrogen) atoms. The summed E-state index contributed by atoms with van der Waals surface area (Å²) in [5.74, 6) is -0.503. The minimum atomic E-state index is -0.826. The Hall–Kier alpha value is -3.35. The molecule has 0 unspecified atom stereocenters. The van der Waals surface area contributed by atoms with Crippen LogP contribution in [0.5, 0.6) is 5.75 Å². The third-order valence-corrected chi connectivity index (χ3v) is 2.82. The van der Waals surface area contributed by atoms with Gasteiger partial charge in [-0.15, -0.1) is 0 Å². The number of hydrogen-bond acceptors (Lipinski definition) is 5. The molecule has 0 aliphatic heterocycles. The highest BCUT2D eigenvalue weighted by atomic mass is 16.5. The first-order valence-electron chi connectivity index (χ1n) is 7.17. The first kappa shape index (κ1) is 17.0. The number of nitrogens with one attached hydrogen (secondary N) is 3. The monoisotopic (exact) mass is 327 g/mol. The maximum Gasteiger partial charge on any atom is 0.414 e. The fourth-order valence-electron chi connectivity index (χ4n) is 1.73. The molecule has 2 rings (SSSR count). The topological polar surface area (TPSA) is 101 Å². The van der Waals surface area contributed by atoms with Crippen molar-refractivity contribution in [1.29, 1.82) is 5.41 Å². The lowest BCUT2D eigenvalue weighted by Gasteiger charge is -2.10. The Balaban J connectivity index is 1.66. The largest absolute Gasteiger partial charge is 0.484 e. The van der Waals surface area contributed by atoms with Crippen LogP contribution in [0.15, 0.2) is 60.7 Å². The van der Waals surface area contributed by atoms with Gasteiger partial charge in [0.1, 0.15) is 12.4 Å². The van der Waals surface area contributed by atoms with Crippen molar-refractivity contribution in [3.8, 4) is 5.75 Å². The lowest BCUT2D eigenvalue weighted by atomic mass is 10.2. The van der Waals surface area contributed by atoms with E-state index < -0.39 is 18.0 Å². The van der Waals surface area contributed by atoms with Gasteiger partial charge in [0, 0.05) is 0 Å². The normalized spacial score (nSPS) is 9.67. The summed E-state index contributed by atoms with van der Waals surface area (Å²) in [4.78, 5) is 23.1. The second-order valence-corrected chi connectivity index (χ2v) is 4.71. The van der Waals surface area contributed by atoms with E-state index in [4.69, 9.17) is 14.9 Å². The van der Waals surface area contributed by atoms with Crippen molar-refractivity contribution >= 4 is 18.0 Å². The lowest BCUT2D eigenvalue weighted by Crippen LogP contribution is -2.44. The fraction of sp³-hybridized carbons (Fsp3) is 0.118. The second kappa shape index (κ2) is 8.94. The molecule has 0 saturated heterocycles. The van der Waals surface area contributed by atoms with Crippen LogP contribution in [0.3, 0.4) is 0 Å². The molecule has 7 nitrogen and oxygen atoms in total. The van der Waals surface area contributed by atoms with Gasteiger partial charge in [0.15, 0.2) is 6.61 Å². The van der Waals surface area contributed by atoms with E-state index in [1.54, 1.807) is 36.4 Å². The van der Waals surface area contributed by atoms with E-state index in [0.29, 0.717) is 5.75 Å². The zero-order valence-electron chi connectivity index (χ0n) is 12.8. The van der Waals surface area contributed by atoms with E-state index in [1.165, 1.54) is 0 Å². The van der Waals surface area contributed by atoms with Crippen molar-refractivity contribution in [2.75, 3.05) is 6.61 Å². The van der Waals surface area contributed by atoms with Gasteiger partial charge in [-0.05, 0) is 17.7 Å². The number of carbonyl (C=O) groups excluding carboxylic acids is 2. The Morgan fingerprint density at radius 2 is 1.54 bits per heavy atom. The Morgan fingerprint density at radius 1 is 0.917 bits per heavy atom. The average molecular weight is 327 g/mol. The minimum absolute atomic E-state index is 0.0744. The quantitative estimate of drug-likeness (QED) is 0.578. The Kier molecular flexibility index (Phi) is 6.34. The molecular formula is C17H17N3O4. The van der Waals surface area contributed by atoms with Gasteiger partial charge in [-0.2, -0.15) is 0 Å². The highest BCUT2D eigenvalue weighted by Gasteiger charge is 2.10. The number of alkyl carbamates (subject to hydrolysis) is 1. The van der Waals surface area contributed by atoms with Crippen LogP contribution >= 0.6 is 0 Å². The zero-order valence-corrected chi connectivity index (χ0v) is 12.8. The van der Waals surface area contributed by atoms with Crippen molar-refractivity contribution in [3.63, 3.8) is 0 Å². The summed E-state index contributed by atoms with van der Waals surface area (Å²) >= 11 is 0. The SMILES string of the molecule is N=C(NC(=O)COc1ccccc1)NC(=O)OCc1ccccc1. The van der Waals surface area contributed by atoms with Gasteiger partial charge >= 0.3 is 6.09 Å². The first-order chi connectivity index (χ1) is 11.6. The minimum Gasteiger partial charge on any atom is -0.484 e. The maximum absolute atomic E-state index is 11.6. The van der Waals surface area contributed by atoms with E-state index in [9.17, 15) is 9.59 Å². The molecule has 0 saturated carbocycles. The van der Waals surface area contributed by atoms with Crippen LogP contribution in [-0.2, 0) is 16.1 Å². The molecule has 3 N–H and O–H groups in total. The van der Waals surface area contributed by atoms with E-state index >= 15 is 0 Å². The number of rotatable bonds is 5. The molecular weight excluding hydrogens is 310 g/mol. The van der Waals surface area contributed by atoms with E-state index in [1.807, 2.05) is 24.3 Å². The maximum atomic E-state index is 11.6. The van der Waals surface area contributed by atoms with Crippen LogP contribution in [-0.4, -0.2) is 24.6 Å². The second-order valence-electron chi connectivity index (χ2n) is 4.71. The predicted molar refractivity (Wildman–Crippen MR) is 87.6 cm³/mol. The number of benzene rings is 2. The molecule has 0 aromatic heterocycles. The smallest absolute Gasteiger partial charge is 0.414 e. The number of guanidine groups is 1. The summed E-state index contributed by atoms with van der Waals surface area (Å²) < 4.78 is 10.2. The van der Waals surface area contributed by atoms with Gasteiger partial charge in [-0.25, -0.2) is 4.79 Å². The van der Waals surface area contributed by atoms with E-state index in [0.717, 1.165) is 5.56 Å². The molecule has 0 atom stereocenters. The van der Waals surface area contributed by atoms with Crippen LogP contribution in [0.4, 0.5) is 4.79 Å². The highest BCUT2D eigenvalue weighted by molar-refractivity contribution is 6.01. The van der Waals surface area contributed by atoms with Gasteiger partial charge in [0.25, 0.3) is 5.91 Å². The summed E-state index contributed by atoms with van der Waals surface area (Å²) in [5, 5.41) is 11.8. The van der Waals surface area contributed by atoms with Crippen LogP contribution in [0.25, 0.3) is 0 Å². The molecule has 0 spiro atoms. The van der Waals surface area contributed by atoms with Crippen LogP contribution in [0.1, 0.15) is 5.56 Å². The molecule has 2 aromatic rings. The Labute approximate surface area is 139 Å². The van der Waals surface area contributed by atoms with Gasteiger partial charge < -0.3 is 9.47 Å². The summed E-state index contributed by atoms with van der Waals surface area (Å²) in [5.41, 5.74) is 0.819. The van der Waals surface area contributed by atoms with E-state index in [-0.39, 0.29) is 13.2 Å². The molecule has 2 aromatic carbocycles. The molecule has 2 amide bonds. The molecule has 0 aliphatic carbocycles. The summed E-state index contributed by atoms with van der Waals surface area (Å²) in [6.07, 6.45) is -0.826. The number of amides is 2. The van der Waals surface area contributed by atoms with Gasteiger partial charge in [0.05, 0.1) is 0 Å². The van der Waals surface area contributed by atoms with Gasteiger partial charge in [0.2, 0.25) is 5.96 Å². The highest BCUT2D eigenvalue weighted by Crippen LogP contribution is 2.07. The van der Waals surface area contributed by atoms with Crippen molar-refractivity contribution in [2.24, 2.45) is 0 Å². The molecule has 0 heterocycles. The summed E-state index contributed by atoms with van der Waals surface area (Å²) in [6, 6.07) is 17.9. The molecule has 0 fully saturated rings. The average Bonchev–Trinajstić information content (AvgIpc) is 2.60. The standard InChI is InChI=1S/C17H17N3O4/c18-16(19-15(21)12-23-14-9-5-2-6-10-14)20-17(22)24-11-13-7-3-1-4-8-13/h1-10H,11-12H2,(H3,18,19,20,21,22). The molecule has 124 valence electrons. The number of carbonyl (C=O) groups is 2. The van der Waals surface area contributed by atoms with Crippen molar-refractivity contribution in [2.45, 2.75) is 6.61 Å². The third kappa shape index (κ3) is 6.18. The van der Waals surface area contributed by atoms with Crippen LogP contribution in [0, 0.1) is 5.41 Å². The van der Waals surface area contributed by atoms with Crippen molar-refractivity contribution in [1.82, 2.24) is 10.6 Å². The number of hydrogen-bond donors (Lipinski definition) is 3. The number of ether oxygens (including phenoxy) is 2. The Bertz CT molecular complexity index is 630. The van der Waals surface area contributed by atoms with E-state index in [2.05, 4.69) is 10.6 Å². The van der Waals surface area contributed by atoms with Gasteiger partial charge in [-0.3, -0.25) is 20.8 Å². The predicted octanol–water partition coefficient (Wildman–Crippen LogP) is 2.04. The van der Waals surface area contributed by atoms with Crippen molar-refractivity contribution in [3.05, 3.63) is 66.2 Å². The van der Waals surface area contributed by atoms with Crippen LogP contribution in [0.2, 0.25) is 0 Å². The molecule has 0 aliphatic rings. The number of para-hydroxylation sites is 1. The fourth-order valence-corrected chi connectivity index (χ4v) is 1.73. The van der Waals surface area contributed by atoms with Gasteiger partial charge in [-0.1, -0.05) is 48.5 Å². The summed E-state index contributed by atoms with van der Waals surface area (Å²) in [6.45, 7) is -0.196. The zero-order chi connectivity index (χ0) is 17.2. The Morgan fingerprint density at radius 3 is 2.21 bits per heavy atom. The molecule has 0 bridgehead atoms. The molecule has 0 radical (unpaired) electrons.